The second kappa shape index (κ2) is 6.16. The van der Waals surface area contributed by atoms with Crippen molar-refractivity contribution in [2.24, 2.45) is 0 Å². The van der Waals surface area contributed by atoms with Gasteiger partial charge in [0, 0.05) is 24.7 Å². The highest BCUT2D eigenvalue weighted by molar-refractivity contribution is 5.81. The molecule has 0 aliphatic carbocycles. The summed E-state index contributed by atoms with van der Waals surface area (Å²) in [7, 11) is 0. The van der Waals surface area contributed by atoms with E-state index in [2.05, 4.69) is 51.4 Å². The number of nitrogens with zero attached hydrogens (tertiary/aromatic N) is 6. The van der Waals surface area contributed by atoms with Crippen LogP contribution in [0, 0.1) is 0 Å². The Hall–Kier alpha value is -2.54. The van der Waals surface area contributed by atoms with Crippen LogP contribution in [0.1, 0.15) is 19.4 Å². The molecule has 1 aromatic carbocycles. The molecule has 0 N–H and O–H groups in total. The second-order valence-electron chi connectivity index (χ2n) is 6.29. The predicted octanol–water partition coefficient (Wildman–Crippen LogP) is 1.88. The Kier molecular flexibility index (Phi) is 3.86. The van der Waals surface area contributed by atoms with E-state index in [0.29, 0.717) is 6.54 Å². The van der Waals surface area contributed by atoms with Gasteiger partial charge in [-0.15, -0.1) is 0 Å². The van der Waals surface area contributed by atoms with Crippen molar-refractivity contribution in [1.29, 1.82) is 0 Å². The average Bonchev–Trinajstić information content (AvgIpc) is 3.02. The first kappa shape index (κ1) is 15.0. The van der Waals surface area contributed by atoms with Crippen molar-refractivity contribution in [3.63, 3.8) is 0 Å². The van der Waals surface area contributed by atoms with Crippen LogP contribution in [0.2, 0.25) is 0 Å². The molecule has 1 aliphatic rings. The third kappa shape index (κ3) is 2.82. The first-order valence-electron chi connectivity index (χ1n) is 8.20. The Morgan fingerprint density at radius 1 is 1.12 bits per heavy atom. The monoisotopic (exact) mass is 324 g/mol. The molecule has 0 saturated carbocycles. The third-order valence-corrected chi connectivity index (χ3v) is 4.27. The number of pyridine rings is 1. The number of benzene rings is 1. The molecule has 0 amide bonds. The van der Waals surface area contributed by atoms with E-state index in [1.165, 1.54) is 0 Å². The summed E-state index contributed by atoms with van der Waals surface area (Å²) in [4.78, 5) is 6.61. The molecule has 2 atom stereocenters. The number of ether oxygens (including phenoxy) is 1. The number of fused-ring (bicyclic) bond motifs is 1. The number of anilines is 1. The predicted molar refractivity (Wildman–Crippen MR) is 90.9 cm³/mol. The fraction of sp³-hybridized carbons (Fsp3) is 0.412. The molecule has 7 heteroatoms. The molecule has 124 valence electrons. The van der Waals surface area contributed by atoms with E-state index in [0.717, 1.165) is 35.5 Å². The molecule has 3 aromatic rings. The van der Waals surface area contributed by atoms with Crippen LogP contribution in [0.25, 0.3) is 10.9 Å². The molecule has 1 saturated heterocycles. The summed E-state index contributed by atoms with van der Waals surface area (Å²) in [6, 6.07) is 10.2. The Labute approximate surface area is 140 Å². The van der Waals surface area contributed by atoms with Crippen LogP contribution in [0.3, 0.4) is 0 Å². The van der Waals surface area contributed by atoms with Gasteiger partial charge in [-0.1, -0.05) is 23.3 Å². The number of morpholine rings is 1. The quantitative estimate of drug-likeness (QED) is 0.733. The van der Waals surface area contributed by atoms with E-state index in [1.54, 1.807) is 0 Å². The summed E-state index contributed by atoms with van der Waals surface area (Å²) in [5, 5.41) is 13.5. The third-order valence-electron chi connectivity index (χ3n) is 4.27. The van der Waals surface area contributed by atoms with E-state index in [9.17, 15) is 0 Å². The van der Waals surface area contributed by atoms with Gasteiger partial charge in [0.2, 0.25) is 5.95 Å². The Balaban J connectivity index is 1.65. The van der Waals surface area contributed by atoms with E-state index in [1.807, 2.05) is 29.1 Å². The van der Waals surface area contributed by atoms with E-state index >= 15 is 0 Å². The first-order valence-corrected chi connectivity index (χ1v) is 8.20. The lowest BCUT2D eigenvalue weighted by molar-refractivity contribution is -0.00594. The summed E-state index contributed by atoms with van der Waals surface area (Å²) in [5.74, 6) is 0.790. The second-order valence-corrected chi connectivity index (χ2v) is 6.29. The molecule has 0 spiro atoms. The van der Waals surface area contributed by atoms with Crippen molar-refractivity contribution >= 4 is 16.9 Å². The van der Waals surface area contributed by atoms with Crippen LogP contribution in [-0.4, -0.2) is 50.5 Å². The van der Waals surface area contributed by atoms with E-state index in [4.69, 9.17) is 4.74 Å². The lowest BCUT2D eigenvalue weighted by atomic mass is 10.1. The Morgan fingerprint density at radius 3 is 2.79 bits per heavy atom. The molecular formula is C17H20N6O. The van der Waals surface area contributed by atoms with Crippen LogP contribution in [0.4, 0.5) is 5.95 Å². The zero-order valence-electron chi connectivity index (χ0n) is 13.8. The van der Waals surface area contributed by atoms with Crippen molar-refractivity contribution in [2.45, 2.75) is 32.6 Å². The maximum absolute atomic E-state index is 5.80. The van der Waals surface area contributed by atoms with Crippen molar-refractivity contribution in [3.8, 4) is 0 Å². The Morgan fingerprint density at radius 2 is 1.96 bits per heavy atom. The van der Waals surface area contributed by atoms with Gasteiger partial charge < -0.3 is 9.64 Å². The minimum absolute atomic E-state index is 0.167. The minimum Gasteiger partial charge on any atom is -0.372 e. The van der Waals surface area contributed by atoms with E-state index in [-0.39, 0.29) is 12.2 Å². The summed E-state index contributed by atoms with van der Waals surface area (Å²) in [6.45, 7) is 6.36. The van der Waals surface area contributed by atoms with Gasteiger partial charge in [0.05, 0.1) is 24.3 Å². The molecule has 24 heavy (non-hydrogen) atoms. The molecule has 0 unspecified atom stereocenters. The maximum Gasteiger partial charge on any atom is 0.246 e. The van der Waals surface area contributed by atoms with Gasteiger partial charge in [0.25, 0.3) is 0 Å². The zero-order valence-corrected chi connectivity index (χ0v) is 13.8. The van der Waals surface area contributed by atoms with Crippen LogP contribution >= 0.6 is 0 Å². The molecular weight excluding hydrogens is 304 g/mol. The van der Waals surface area contributed by atoms with Crippen molar-refractivity contribution in [3.05, 3.63) is 42.1 Å². The van der Waals surface area contributed by atoms with Crippen LogP contribution in [-0.2, 0) is 11.3 Å². The Bertz CT molecular complexity index is 832. The summed E-state index contributed by atoms with van der Waals surface area (Å²) in [5.41, 5.74) is 2.14. The van der Waals surface area contributed by atoms with Crippen LogP contribution in [0.15, 0.2) is 36.5 Å². The number of rotatable bonds is 3. The highest BCUT2D eigenvalue weighted by Crippen LogP contribution is 2.21. The molecule has 4 rings (SSSR count). The van der Waals surface area contributed by atoms with Crippen molar-refractivity contribution in [1.82, 2.24) is 25.2 Å². The standard InChI is InChI=1S/C17H20N6O/c1-12-9-22(10-13(2)24-12)17-19-20-21-23(17)11-14-5-3-7-16-15(14)6-4-8-18-16/h3-8,12-13H,9-11H2,1-2H3/t12-,13+. The van der Waals surface area contributed by atoms with Crippen molar-refractivity contribution < 1.29 is 4.74 Å². The summed E-state index contributed by atoms with van der Waals surface area (Å²) >= 11 is 0. The number of tetrazole rings is 1. The summed E-state index contributed by atoms with van der Waals surface area (Å²) in [6.07, 6.45) is 2.15. The van der Waals surface area contributed by atoms with Gasteiger partial charge in [0.1, 0.15) is 0 Å². The topological polar surface area (TPSA) is 69.0 Å². The first-order chi connectivity index (χ1) is 11.7. The molecule has 1 fully saturated rings. The fourth-order valence-electron chi connectivity index (χ4n) is 3.34. The number of hydrogen-bond acceptors (Lipinski definition) is 6. The number of aromatic nitrogens is 5. The maximum atomic E-state index is 5.80. The largest absolute Gasteiger partial charge is 0.372 e. The molecule has 7 nitrogen and oxygen atoms in total. The van der Waals surface area contributed by atoms with Gasteiger partial charge >= 0.3 is 0 Å². The van der Waals surface area contributed by atoms with Crippen LogP contribution in [0.5, 0.6) is 0 Å². The normalized spacial score (nSPS) is 21.3. The van der Waals surface area contributed by atoms with Crippen molar-refractivity contribution in [2.75, 3.05) is 18.0 Å². The van der Waals surface area contributed by atoms with Crippen LogP contribution < -0.4 is 4.90 Å². The van der Waals surface area contributed by atoms with Gasteiger partial charge in [-0.2, -0.15) is 0 Å². The molecule has 1 aliphatic heterocycles. The summed E-state index contributed by atoms with van der Waals surface area (Å²) < 4.78 is 7.66. The lowest BCUT2D eigenvalue weighted by Crippen LogP contribution is -2.46. The molecule has 0 radical (unpaired) electrons. The molecule has 2 aromatic heterocycles. The van der Waals surface area contributed by atoms with Gasteiger partial charge in [-0.3, -0.25) is 4.98 Å². The smallest absolute Gasteiger partial charge is 0.246 e. The highest BCUT2D eigenvalue weighted by Gasteiger charge is 2.26. The zero-order chi connectivity index (χ0) is 16.5. The SMILES string of the molecule is C[C@@H]1CN(c2nnnn2Cc2cccc3ncccc23)C[C@H](C)O1. The minimum atomic E-state index is 0.167. The van der Waals surface area contributed by atoms with Gasteiger partial charge in [-0.05, 0) is 42.0 Å². The highest BCUT2D eigenvalue weighted by atomic mass is 16.5. The number of hydrogen-bond donors (Lipinski definition) is 0. The molecule has 3 heterocycles. The molecule has 0 bridgehead atoms. The average molecular weight is 324 g/mol. The lowest BCUT2D eigenvalue weighted by Gasteiger charge is -2.35. The van der Waals surface area contributed by atoms with Gasteiger partial charge in [0.15, 0.2) is 0 Å². The fourth-order valence-corrected chi connectivity index (χ4v) is 3.34. The van der Waals surface area contributed by atoms with E-state index < -0.39 is 0 Å². The van der Waals surface area contributed by atoms with Gasteiger partial charge in [-0.25, -0.2) is 4.68 Å².